The Morgan fingerprint density at radius 3 is 3.12 bits per heavy atom. The SMILES string of the molecule is CCCN[C@@H]1CCc2nc(OC)ccc2C1. The van der Waals surface area contributed by atoms with Crippen LogP contribution < -0.4 is 10.1 Å². The highest BCUT2D eigenvalue weighted by atomic mass is 16.5. The first-order valence-corrected chi connectivity index (χ1v) is 6.09. The molecule has 3 nitrogen and oxygen atoms in total. The van der Waals surface area contributed by atoms with E-state index in [2.05, 4.69) is 23.3 Å². The second-order valence-corrected chi connectivity index (χ2v) is 4.35. The van der Waals surface area contributed by atoms with Gasteiger partial charge in [0.15, 0.2) is 0 Å². The van der Waals surface area contributed by atoms with Crippen LogP contribution >= 0.6 is 0 Å². The highest BCUT2D eigenvalue weighted by molar-refractivity contribution is 5.28. The molecule has 1 aliphatic rings. The molecule has 1 heterocycles. The predicted octanol–water partition coefficient (Wildman–Crippen LogP) is 1.95. The molecule has 3 heteroatoms. The van der Waals surface area contributed by atoms with Crippen molar-refractivity contribution in [1.29, 1.82) is 0 Å². The number of nitrogens with zero attached hydrogens (tertiary/aromatic N) is 1. The zero-order valence-electron chi connectivity index (χ0n) is 10.1. The molecule has 1 aromatic heterocycles. The van der Waals surface area contributed by atoms with Gasteiger partial charge in [0.25, 0.3) is 0 Å². The molecule has 1 N–H and O–H groups in total. The molecule has 0 unspecified atom stereocenters. The van der Waals surface area contributed by atoms with E-state index in [1.54, 1.807) is 7.11 Å². The largest absolute Gasteiger partial charge is 0.481 e. The summed E-state index contributed by atoms with van der Waals surface area (Å²) in [5.74, 6) is 0.735. The van der Waals surface area contributed by atoms with Gasteiger partial charge in [-0.3, -0.25) is 0 Å². The predicted molar refractivity (Wildman–Crippen MR) is 64.9 cm³/mol. The van der Waals surface area contributed by atoms with Crippen molar-refractivity contribution < 1.29 is 4.74 Å². The Morgan fingerprint density at radius 2 is 2.38 bits per heavy atom. The van der Waals surface area contributed by atoms with E-state index in [1.165, 1.54) is 24.1 Å². The molecule has 0 bridgehead atoms. The van der Waals surface area contributed by atoms with E-state index in [9.17, 15) is 0 Å². The van der Waals surface area contributed by atoms with E-state index in [0.717, 1.165) is 25.3 Å². The lowest BCUT2D eigenvalue weighted by molar-refractivity contribution is 0.391. The highest BCUT2D eigenvalue weighted by Gasteiger charge is 2.19. The van der Waals surface area contributed by atoms with Crippen molar-refractivity contribution in [1.82, 2.24) is 10.3 Å². The Morgan fingerprint density at radius 1 is 1.50 bits per heavy atom. The molecule has 0 amide bonds. The fraction of sp³-hybridized carbons (Fsp3) is 0.615. The molecule has 16 heavy (non-hydrogen) atoms. The van der Waals surface area contributed by atoms with Gasteiger partial charge in [-0.05, 0) is 37.8 Å². The van der Waals surface area contributed by atoms with E-state index >= 15 is 0 Å². The molecule has 0 saturated carbocycles. The van der Waals surface area contributed by atoms with Crippen molar-refractivity contribution in [2.24, 2.45) is 0 Å². The van der Waals surface area contributed by atoms with E-state index in [4.69, 9.17) is 4.74 Å². The zero-order valence-corrected chi connectivity index (χ0v) is 10.1. The zero-order chi connectivity index (χ0) is 11.4. The molecule has 0 saturated heterocycles. The van der Waals surface area contributed by atoms with Crippen LogP contribution in [-0.2, 0) is 12.8 Å². The third-order valence-corrected chi connectivity index (χ3v) is 3.13. The monoisotopic (exact) mass is 220 g/mol. The van der Waals surface area contributed by atoms with Gasteiger partial charge in [0.1, 0.15) is 0 Å². The first kappa shape index (κ1) is 11.4. The minimum Gasteiger partial charge on any atom is -0.481 e. The number of fused-ring (bicyclic) bond motifs is 1. The molecule has 0 spiro atoms. The minimum absolute atomic E-state index is 0.627. The average molecular weight is 220 g/mol. The van der Waals surface area contributed by atoms with Crippen LogP contribution in [0.3, 0.4) is 0 Å². The van der Waals surface area contributed by atoms with Crippen LogP contribution in [0, 0.1) is 0 Å². The standard InChI is InChI=1S/C13H20N2O/c1-3-8-14-11-5-6-12-10(9-11)4-7-13(15-12)16-2/h4,7,11,14H,3,5-6,8-9H2,1-2H3/t11-/m1/s1. The van der Waals surface area contributed by atoms with Gasteiger partial charge in [-0.1, -0.05) is 13.0 Å². The lowest BCUT2D eigenvalue weighted by atomic mass is 9.92. The van der Waals surface area contributed by atoms with Crippen molar-refractivity contribution in [2.75, 3.05) is 13.7 Å². The molecule has 0 aliphatic heterocycles. The molecule has 1 aliphatic carbocycles. The summed E-state index contributed by atoms with van der Waals surface area (Å²) in [6.45, 7) is 3.32. The van der Waals surface area contributed by atoms with Gasteiger partial charge < -0.3 is 10.1 Å². The molecule has 2 rings (SSSR count). The fourth-order valence-electron chi connectivity index (χ4n) is 2.23. The Labute approximate surface area is 97.2 Å². The normalized spacial score (nSPS) is 19.2. The van der Waals surface area contributed by atoms with Gasteiger partial charge >= 0.3 is 0 Å². The Bertz CT molecular complexity index is 352. The number of hydrogen-bond acceptors (Lipinski definition) is 3. The molecule has 1 aromatic rings. The molecule has 0 aromatic carbocycles. The number of aromatic nitrogens is 1. The van der Waals surface area contributed by atoms with Crippen molar-refractivity contribution >= 4 is 0 Å². The van der Waals surface area contributed by atoms with Crippen LogP contribution in [-0.4, -0.2) is 24.7 Å². The van der Waals surface area contributed by atoms with Crippen LogP contribution in [0.5, 0.6) is 5.88 Å². The maximum Gasteiger partial charge on any atom is 0.213 e. The third-order valence-electron chi connectivity index (χ3n) is 3.13. The summed E-state index contributed by atoms with van der Waals surface area (Å²) < 4.78 is 5.15. The Kier molecular flexibility index (Phi) is 3.78. The molecular weight excluding hydrogens is 200 g/mol. The Hall–Kier alpha value is -1.09. The van der Waals surface area contributed by atoms with Crippen LogP contribution in [0.25, 0.3) is 0 Å². The fourth-order valence-corrected chi connectivity index (χ4v) is 2.23. The maximum absolute atomic E-state index is 5.15. The molecule has 0 radical (unpaired) electrons. The van der Waals surface area contributed by atoms with Gasteiger partial charge in [0.2, 0.25) is 5.88 Å². The number of hydrogen-bond donors (Lipinski definition) is 1. The summed E-state index contributed by atoms with van der Waals surface area (Å²) in [6.07, 6.45) is 4.55. The molecule has 0 fully saturated rings. The van der Waals surface area contributed by atoms with Crippen LogP contribution in [0.15, 0.2) is 12.1 Å². The summed E-state index contributed by atoms with van der Waals surface area (Å²) in [7, 11) is 1.67. The van der Waals surface area contributed by atoms with Gasteiger partial charge in [0, 0.05) is 17.8 Å². The topological polar surface area (TPSA) is 34.2 Å². The summed E-state index contributed by atoms with van der Waals surface area (Å²) >= 11 is 0. The summed E-state index contributed by atoms with van der Waals surface area (Å²) in [5, 5.41) is 3.58. The number of rotatable bonds is 4. The van der Waals surface area contributed by atoms with Crippen LogP contribution in [0.2, 0.25) is 0 Å². The number of ether oxygens (including phenoxy) is 1. The molecule has 88 valence electrons. The highest BCUT2D eigenvalue weighted by Crippen LogP contribution is 2.22. The van der Waals surface area contributed by atoms with E-state index in [-0.39, 0.29) is 0 Å². The van der Waals surface area contributed by atoms with Gasteiger partial charge in [0.05, 0.1) is 7.11 Å². The molecule has 1 atom stereocenters. The van der Waals surface area contributed by atoms with Gasteiger partial charge in [-0.25, -0.2) is 4.98 Å². The number of pyridine rings is 1. The van der Waals surface area contributed by atoms with Crippen molar-refractivity contribution in [3.8, 4) is 5.88 Å². The van der Waals surface area contributed by atoms with E-state index < -0.39 is 0 Å². The van der Waals surface area contributed by atoms with Crippen molar-refractivity contribution in [3.63, 3.8) is 0 Å². The first-order valence-electron chi connectivity index (χ1n) is 6.09. The van der Waals surface area contributed by atoms with E-state index in [0.29, 0.717) is 6.04 Å². The van der Waals surface area contributed by atoms with Gasteiger partial charge in [-0.15, -0.1) is 0 Å². The second-order valence-electron chi connectivity index (χ2n) is 4.35. The minimum atomic E-state index is 0.627. The lowest BCUT2D eigenvalue weighted by Gasteiger charge is -2.25. The summed E-state index contributed by atoms with van der Waals surface area (Å²) in [6, 6.07) is 4.74. The van der Waals surface area contributed by atoms with Crippen molar-refractivity contribution in [3.05, 3.63) is 23.4 Å². The molecular formula is C13H20N2O. The second kappa shape index (κ2) is 5.30. The maximum atomic E-state index is 5.15. The summed E-state index contributed by atoms with van der Waals surface area (Å²) in [4.78, 5) is 4.50. The third kappa shape index (κ3) is 2.53. The number of nitrogens with one attached hydrogen (secondary N) is 1. The first-order chi connectivity index (χ1) is 7.83. The van der Waals surface area contributed by atoms with E-state index in [1.807, 2.05) is 6.07 Å². The van der Waals surface area contributed by atoms with Crippen LogP contribution in [0.4, 0.5) is 0 Å². The smallest absolute Gasteiger partial charge is 0.213 e. The lowest BCUT2D eigenvalue weighted by Crippen LogP contribution is -2.35. The quantitative estimate of drug-likeness (QED) is 0.842. The average Bonchev–Trinajstić information content (AvgIpc) is 2.35. The number of aryl methyl sites for hydroxylation is 1. The Balaban J connectivity index is 2.04. The summed E-state index contributed by atoms with van der Waals surface area (Å²) in [5.41, 5.74) is 2.59. The van der Waals surface area contributed by atoms with Crippen LogP contribution in [0.1, 0.15) is 31.0 Å². The van der Waals surface area contributed by atoms with Crippen molar-refractivity contribution in [2.45, 2.75) is 38.6 Å². The number of methoxy groups -OCH3 is 1. The van der Waals surface area contributed by atoms with Gasteiger partial charge in [-0.2, -0.15) is 0 Å².